The van der Waals surface area contributed by atoms with Gasteiger partial charge in [-0.2, -0.15) is 0 Å². The predicted molar refractivity (Wildman–Crippen MR) is 90.3 cm³/mol. The number of rotatable bonds is 2. The van der Waals surface area contributed by atoms with Gasteiger partial charge >= 0.3 is 6.03 Å². The summed E-state index contributed by atoms with van der Waals surface area (Å²) >= 11 is 1.64. The molecule has 1 saturated heterocycles. The fourth-order valence-electron chi connectivity index (χ4n) is 2.26. The maximum Gasteiger partial charge on any atom is 0.331 e. The van der Waals surface area contributed by atoms with Crippen molar-refractivity contribution in [1.29, 1.82) is 0 Å². The zero-order valence-electron chi connectivity index (χ0n) is 13.6. The number of thioether (sulfide) groups is 1. The van der Waals surface area contributed by atoms with Crippen molar-refractivity contribution in [3.63, 3.8) is 0 Å². The lowest BCUT2D eigenvalue weighted by Crippen LogP contribution is -2.52. The Labute approximate surface area is 132 Å². The zero-order valence-corrected chi connectivity index (χ0v) is 14.4. The number of carbonyl (C=O) groups is 1. The highest BCUT2D eigenvalue weighted by molar-refractivity contribution is 8.13. The molecule has 1 heterocycles. The van der Waals surface area contributed by atoms with E-state index in [1.165, 1.54) is 0 Å². The molecular weight excluding hydrogens is 282 g/mol. The smallest absolute Gasteiger partial charge is 0.284 e. The number of urea groups is 1. The molecule has 0 bridgehead atoms. The van der Waals surface area contributed by atoms with E-state index in [4.69, 9.17) is 4.99 Å². The van der Waals surface area contributed by atoms with Crippen LogP contribution < -0.4 is 0 Å². The van der Waals surface area contributed by atoms with Gasteiger partial charge in [-0.25, -0.2) is 4.79 Å². The molecule has 2 aliphatic rings. The van der Waals surface area contributed by atoms with E-state index in [0.29, 0.717) is 5.88 Å². The molecule has 0 atom stereocenters. The van der Waals surface area contributed by atoms with Crippen LogP contribution in [0, 0.1) is 0 Å². The Morgan fingerprint density at radius 3 is 2.52 bits per heavy atom. The van der Waals surface area contributed by atoms with Crippen LogP contribution in [0.25, 0.3) is 0 Å². The molecule has 21 heavy (non-hydrogen) atoms. The highest BCUT2D eigenvalue weighted by atomic mass is 32.2. The molecule has 0 saturated carbocycles. The summed E-state index contributed by atoms with van der Waals surface area (Å²) in [6, 6.07) is 0.131. The molecule has 1 aliphatic heterocycles. The van der Waals surface area contributed by atoms with Crippen molar-refractivity contribution in [3.05, 3.63) is 23.9 Å². The van der Waals surface area contributed by atoms with Crippen LogP contribution in [-0.2, 0) is 0 Å². The summed E-state index contributed by atoms with van der Waals surface area (Å²) in [6.45, 7) is 10.2. The maximum atomic E-state index is 12.8. The number of hydrogen-bond acceptors (Lipinski definition) is 3. The highest BCUT2D eigenvalue weighted by Crippen LogP contribution is 2.29. The molecule has 0 aromatic rings. The molecule has 2 amide bonds. The van der Waals surface area contributed by atoms with E-state index in [-0.39, 0.29) is 17.6 Å². The lowest BCUT2D eigenvalue weighted by Gasteiger charge is -2.39. The minimum atomic E-state index is -0.179. The molecule has 0 radical (unpaired) electrons. The number of aliphatic imine (C=N–C) groups is 1. The minimum absolute atomic E-state index is 0.0320. The predicted octanol–water partition coefficient (Wildman–Crippen LogP) is 4.21. The second kappa shape index (κ2) is 6.26. The van der Waals surface area contributed by atoms with Crippen molar-refractivity contribution in [1.82, 2.24) is 9.80 Å². The molecule has 4 nitrogen and oxygen atoms in total. The topological polar surface area (TPSA) is 35.9 Å². The second-order valence-corrected chi connectivity index (χ2v) is 7.53. The number of carbonyl (C=O) groups excluding carboxylic acids is 1. The summed E-state index contributed by atoms with van der Waals surface area (Å²) in [5.74, 6) is 0.632. The van der Waals surface area contributed by atoms with Crippen molar-refractivity contribution in [2.24, 2.45) is 4.99 Å². The van der Waals surface area contributed by atoms with Crippen LogP contribution in [0.2, 0.25) is 0 Å². The lowest BCUT2D eigenvalue weighted by atomic mass is 10.1. The van der Waals surface area contributed by atoms with Crippen LogP contribution in [0.5, 0.6) is 0 Å². The molecule has 0 spiro atoms. The van der Waals surface area contributed by atoms with Gasteiger partial charge in [0.1, 0.15) is 0 Å². The first-order valence-electron chi connectivity index (χ1n) is 7.49. The van der Waals surface area contributed by atoms with E-state index in [1.54, 1.807) is 11.8 Å². The van der Waals surface area contributed by atoms with Crippen LogP contribution in [0.3, 0.4) is 0 Å². The summed E-state index contributed by atoms with van der Waals surface area (Å²) in [6.07, 6.45) is 8.38. The van der Waals surface area contributed by atoms with Crippen LogP contribution in [0.1, 0.15) is 47.5 Å². The molecule has 5 heteroatoms. The van der Waals surface area contributed by atoms with Crippen molar-refractivity contribution in [3.8, 4) is 0 Å². The Bertz CT molecular complexity index is 500. The first kappa shape index (κ1) is 16.1. The third kappa shape index (κ3) is 3.90. The van der Waals surface area contributed by atoms with Crippen molar-refractivity contribution < 1.29 is 4.79 Å². The molecule has 0 aromatic heterocycles. The first-order valence-corrected chi connectivity index (χ1v) is 8.48. The maximum absolute atomic E-state index is 12.8. The largest absolute Gasteiger partial charge is 0.331 e. The van der Waals surface area contributed by atoms with Crippen molar-refractivity contribution >= 4 is 23.0 Å². The van der Waals surface area contributed by atoms with Gasteiger partial charge in [0.25, 0.3) is 0 Å². The molecule has 1 aliphatic carbocycles. The molecule has 0 unspecified atom stereocenters. The number of amidine groups is 1. The van der Waals surface area contributed by atoms with Gasteiger partial charge in [0.05, 0.1) is 11.4 Å². The Morgan fingerprint density at radius 1 is 1.29 bits per heavy atom. The number of allylic oxidation sites excluding steroid dienone is 3. The molecule has 0 N–H and O–H groups in total. The Hall–Kier alpha value is -1.23. The average Bonchev–Trinajstić information content (AvgIpc) is 2.37. The van der Waals surface area contributed by atoms with Gasteiger partial charge in [0, 0.05) is 11.7 Å². The van der Waals surface area contributed by atoms with E-state index in [2.05, 4.69) is 32.9 Å². The summed E-state index contributed by atoms with van der Waals surface area (Å²) in [4.78, 5) is 21.2. The quantitative estimate of drug-likeness (QED) is 0.766. The van der Waals surface area contributed by atoms with Gasteiger partial charge in [-0.1, -0.05) is 23.9 Å². The molecule has 0 aromatic carbocycles. The van der Waals surface area contributed by atoms with E-state index in [9.17, 15) is 4.79 Å². The lowest BCUT2D eigenvalue weighted by molar-refractivity contribution is 0.186. The second-order valence-electron chi connectivity index (χ2n) is 6.62. The standard InChI is InChI=1S/C16H25N3OS/c1-12(2)19-14(17-16(3,4)5)21-11-18(15(19)20)13-9-7-6-8-10-13/h7,9-10,12H,6,8,11H2,1-5H3/b17-14-. The third-order valence-electron chi connectivity index (χ3n) is 3.20. The Morgan fingerprint density at radius 2 is 2.00 bits per heavy atom. The molecule has 116 valence electrons. The van der Waals surface area contributed by atoms with Gasteiger partial charge < -0.3 is 0 Å². The van der Waals surface area contributed by atoms with Crippen LogP contribution >= 0.6 is 11.8 Å². The Kier molecular flexibility index (Phi) is 4.81. The first-order chi connectivity index (χ1) is 9.79. The summed E-state index contributed by atoms with van der Waals surface area (Å²) in [5.41, 5.74) is 0.835. The van der Waals surface area contributed by atoms with Crippen LogP contribution in [-0.4, -0.2) is 38.5 Å². The molecular formula is C16H25N3OS. The number of amides is 2. The van der Waals surface area contributed by atoms with E-state index in [1.807, 2.05) is 29.7 Å². The number of nitrogens with zero attached hydrogens (tertiary/aromatic N) is 3. The van der Waals surface area contributed by atoms with E-state index in [0.717, 1.165) is 23.7 Å². The molecule has 1 fully saturated rings. The SMILES string of the molecule is CC(C)N1C(=O)N(C2=CCCC=C2)CS/C1=N\C(C)(C)C. The summed E-state index contributed by atoms with van der Waals surface area (Å²) in [7, 11) is 0. The van der Waals surface area contributed by atoms with E-state index < -0.39 is 0 Å². The van der Waals surface area contributed by atoms with Gasteiger partial charge in [0.15, 0.2) is 5.17 Å². The van der Waals surface area contributed by atoms with Crippen LogP contribution in [0.4, 0.5) is 4.79 Å². The van der Waals surface area contributed by atoms with E-state index >= 15 is 0 Å². The number of hydrogen-bond donors (Lipinski definition) is 0. The minimum Gasteiger partial charge on any atom is -0.284 e. The van der Waals surface area contributed by atoms with Gasteiger partial charge in [-0.05, 0) is 53.5 Å². The van der Waals surface area contributed by atoms with Crippen LogP contribution in [0.15, 0.2) is 28.9 Å². The van der Waals surface area contributed by atoms with Crippen molar-refractivity contribution in [2.75, 3.05) is 5.88 Å². The van der Waals surface area contributed by atoms with Gasteiger partial charge in [0.2, 0.25) is 0 Å². The fourth-order valence-corrected chi connectivity index (χ4v) is 3.53. The van der Waals surface area contributed by atoms with Crippen molar-refractivity contribution in [2.45, 2.75) is 59.0 Å². The molecule has 2 rings (SSSR count). The zero-order chi connectivity index (χ0) is 15.6. The summed E-state index contributed by atoms with van der Waals surface area (Å²) < 4.78 is 0. The van der Waals surface area contributed by atoms with Gasteiger partial charge in [-0.3, -0.25) is 14.8 Å². The normalized spacial score (nSPS) is 22.3. The monoisotopic (exact) mass is 307 g/mol. The fraction of sp³-hybridized carbons (Fsp3) is 0.625. The third-order valence-corrected chi connectivity index (χ3v) is 4.13. The van der Waals surface area contributed by atoms with Gasteiger partial charge in [-0.15, -0.1) is 0 Å². The highest BCUT2D eigenvalue weighted by Gasteiger charge is 2.35. The Balaban J connectivity index is 2.27. The summed E-state index contributed by atoms with van der Waals surface area (Å²) in [5, 5.41) is 0.833. The average molecular weight is 307 g/mol.